The summed E-state index contributed by atoms with van der Waals surface area (Å²) in [6.45, 7) is -0.320. The number of halogens is 1. The number of ether oxygens (including phenoxy) is 6. The first kappa shape index (κ1) is 29.5. The van der Waals surface area contributed by atoms with E-state index in [0.717, 1.165) is 15.8 Å². The highest BCUT2D eigenvalue weighted by atomic mass is 32.1. The number of anilines is 1. The first-order valence-corrected chi connectivity index (χ1v) is 13.7. The number of nitrogens with one attached hydrogen (secondary N) is 1. The number of nitrogens with zero attached hydrogens (tertiary/aromatic N) is 2. The molecule has 1 aliphatic heterocycles. The van der Waals surface area contributed by atoms with Crippen LogP contribution in [0.25, 0.3) is 10.2 Å². The lowest BCUT2D eigenvalue weighted by Crippen LogP contribution is -2.47. The minimum atomic E-state index is -1.27. The largest absolute Gasteiger partial charge is 0.493 e. The number of aromatic nitrogens is 1. The van der Waals surface area contributed by atoms with Gasteiger partial charge in [-0.15, -0.1) is 0 Å². The zero-order valence-corrected chi connectivity index (χ0v) is 24.5. The van der Waals surface area contributed by atoms with E-state index in [2.05, 4.69) is 15.5 Å². The van der Waals surface area contributed by atoms with Crippen LogP contribution in [0.15, 0.2) is 59.3 Å². The first-order chi connectivity index (χ1) is 20.3. The Morgan fingerprint density at radius 2 is 1.83 bits per heavy atom. The van der Waals surface area contributed by atoms with Gasteiger partial charge in [0.05, 0.1) is 37.3 Å². The Bertz CT molecular complexity index is 1540. The molecule has 222 valence electrons. The number of hydrogen-bond donors (Lipinski definition) is 1. The third-order valence-corrected chi connectivity index (χ3v) is 7.87. The van der Waals surface area contributed by atoms with Crippen molar-refractivity contribution >= 4 is 38.3 Å². The lowest BCUT2D eigenvalue weighted by Gasteiger charge is -2.36. The summed E-state index contributed by atoms with van der Waals surface area (Å²) in [6, 6.07) is 7.89. The number of thiazole rings is 1. The van der Waals surface area contributed by atoms with Crippen molar-refractivity contribution in [1.29, 1.82) is 0 Å². The van der Waals surface area contributed by atoms with Gasteiger partial charge in [0.25, 0.3) is 5.91 Å². The molecule has 42 heavy (non-hydrogen) atoms. The Kier molecular flexibility index (Phi) is 8.73. The van der Waals surface area contributed by atoms with Gasteiger partial charge in [0, 0.05) is 32.3 Å². The molecular weight excluding hydrogens is 569 g/mol. The second-order valence-corrected chi connectivity index (χ2v) is 10.3. The average Bonchev–Trinajstić information content (AvgIpc) is 3.66. The summed E-state index contributed by atoms with van der Waals surface area (Å²) in [5, 5.41) is 7.34. The third kappa shape index (κ3) is 5.81. The highest BCUT2D eigenvalue weighted by Crippen LogP contribution is 2.40. The van der Waals surface area contributed by atoms with Crippen LogP contribution < -0.4 is 19.5 Å². The van der Waals surface area contributed by atoms with Gasteiger partial charge in [-0.2, -0.15) is 0 Å². The fourth-order valence-electron chi connectivity index (χ4n) is 4.73. The van der Waals surface area contributed by atoms with Gasteiger partial charge in [0.1, 0.15) is 18.5 Å². The van der Waals surface area contributed by atoms with E-state index in [1.54, 1.807) is 39.5 Å². The molecule has 3 aromatic rings. The maximum atomic E-state index is 13.5. The van der Waals surface area contributed by atoms with Crippen LogP contribution in [-0.2, 0) is 23.8 Å². The van der Waals surface area contributed by atoms with Gasteiger partial charge in [0.2, 0.25) is 11.5 Å². The van der Waals surface area contributed by atoms with Crippen LogP contribution in [-0.4, -0.2) is 76.8 Å². The number of carbonyl (C=O) groups is 1. The molecule has 11 nitrogen and oxygen atoms in total. The minimum absolute atomic E-state index is 0.320. The number of rotatable bonds is 11. The van der Waals surface area contributed by atoms with Crippen molar-refractivity contribution in [3.05, 3.63) is 65.5 Å². The Hall–Kier alpha value is -4.04. The molecule has 13 heteroatoms. The molecule has 5 rings (SSSR count). The molecule has 1 amide bonds. The highest BCUT2D eigenvalue weighted by molar-refractivity contribution is 7.22. The van der Waals surface area contributed by atoms with Crippen molar-refractivity contribution in [3.8, 4) is 17.2 Å². The van der Waals surface area contributed by atoms with Crippen molar-refractivity contribution in [3.63, 3.8) is 0 Å². The average molecular weight is 600 g/mol. The summed E-state index contributed by atoms with van der Waals surface area (Å²) in [5.74, 6) is -0.617. The van der Waals surface area contributed by atoms with E-state index in [9.17, 15) is 9.18 Å². The van der Waals surface area contributed by atoms with Crippen LogP contribution in [0.2, 0.25) is 0 Å². The number of carbonyl (C=O) groups excluding carboxylic acids is 1. The third-order valence-electron chi connectivity index (χ3n) is 6.92. The molecule has 1 N–H and O–H groups in total. The maximum absolute atomic E-state index is 13.5. The van der Waals surface area contributed by atoms with Gasteiger partial charge in [-0.25, -0.2) is 9.37 Å². The monoisotopic (exact) mass is 599 g/mol. The summed E-state index contributed by atoms with van der Waals surface area (Å²) in [7, 11) is 7.61. The highest BCUT2D eigenvalue weighted by Gasteiger charge is 2.41. The van der Waals surface area contributed by atoms with Gasteiger partial charge in [-0.1, -0.05) is 22.6 Å². The van der Waals surface area contributed by atoms with Crippen molar-refractivity contribution < 1.29 is 42.4 Å². The van der Waals surface area contributed by atoms with Crippen LogP contribution in [0.3, 0.4) is 0 Å². The number of oxime groups is 1. The molecule has 0 saturated carbocycles. The normalized spacial score (nSPS) is 19.2. The molecule has 0 radical (unpaired) electrons. The van der Waals surface area contributed by atoms with Crippen LogP contribution in [0.4, 0.5) is 9.52 Å². The molecule has 1 aromatic heterocycles. The summed E-state index contributed by atoms with van der Waals surface area (Å²) in [6.07, 6.45) is 4.56. The first-order valence-electron chi connectivity index (χ1n) is 12.8. The topological polar surface area (TPSA) is 119 Å². The van der Waals surface area contributed by atoms with E-state index >= 15 is 0 Å². The molecule has 1 aliphatic carbocycles. The number of methoxy groups -OCH3 is 5. The van der Waals surface area contributed by atoms with Crippen LogP contribution in [0, 0.1) is 5.82 Å². The Morgan fingerprint density at radius 3 is 2.50 bits per heavy atom. The van der Waals surface area contributed by atoms with Crippen molar-refractivity contribution in [2.45, 2.75) is 24.4 Å². The molecule has 2 heterocycles. The van der Waals surface area contributed by atoms with Gasteiger partial charge >= 0.3 is 0 Å². The summed E-state index contributed by atoms with van der Waals surface area (Å²) >= 11 is 1.24. The molecule has 2 aliphatic rings. The zero-order chi connectivity index (χ0) is 29.9. The fraction of sp³-hybridized carbons (Fsp3) is 0.345. The van der Waals surface area contributed by atoms with E-state index < -0.39 is 29.7 Å². The molecule has 0 spiro atoms. The van der Waals surface area contributed by atoms with Crippen LogP contribution in [0.1, 0.15) is 12.0 Å². The molecule has 0 fully saturated rings. The Labute approximate surface area is 245 Å². The smallest absolute Gasteiger partial charge is 0.252 e. The van der Waals surface area contributed by atoms with Crippen molar-refractivity contribution in [1.82, 2.24) is 4.98 Å². The summed E-state index contributed by atoms with van der Waals surface area (Å²) in [4.78, 5) is 22.8. The summed E-state index contributed by atoms with van der Waals surface area (Å²) < 4.78 is 47.9. The predicted molar refractivity (Wildman–Crippen MR) is 154 cm³/mol. The summed E-state index contributed by atoms with van der Waals surface area (Å²) in [5.41, 5.74) is 2.68. The fourth-order valence-corrected chi connectivity index (χ4v) is 5.60. The van der Waals surface area contributed by atoms with Crippen molar-refractivity contribution in [2.75, 3.05) is 47.5 Å². The number of hydrogen-bond acceptors (Lipinski definition) is 11. The van der Waals surface area contributed by atoms with E-state index in [1.165, 1.54) is 37.7 Å². The SMILES string of the molecule is COc1cc(C2=NOC(C3=CC(OCC(=O)Nc4nc5cc(F)ccc5s4)C(OC)(OC)C=C3)C2)cc(OC)c1OC. The van der Waals surface area contributed by atoms with Gasteiger partial charge < -0.3 is 33.3 Å². The Morgan fingerprint density at radius 1 is 1.10 bits per heavy atom. The van der Waals surface area contributed by atoms with Crippen molar-refractivity contribution in [2.24, 2.45) is 5.16 Å². The number of fused-ring (bicyclic) bond motifs is 1. The molecule has 2 atom stereocenters. The molecule has 0 bridgehead atoms. The standard InChI is InChI=1S/C29H30FN3O8S/c1-35-22-10-17(11-23(36-2)27(22)37-3)19-14-21(41-33-19)16-8-9-29(38-4,39-5)25(12-16)40-15-26(34)32-28-31-20-13-18(30)6-7-24(20)42-28/h6-13,21,25H,14-15H2,1-5H3,(H,31,32,34). The molecule has 2 unspecified atom stereocenters. The van der Waals surface area contributed by atoms with Gasteiger partial charge in [0.15, 0.2) is 22.7 Å². The molecule has 2 aromatic carbocycles. The lowest BCUT2D eigenvalue weighted by atomic mass is 9.92. The minimum Gasteiger partial charge on any atom is -0.493 e. The lowest BCUT2D eigenvalue weighted by molar-refractivity contribution is -0.225. The van der Waals surface area contributed by atoms with E-state index in [4.69, 9.17) is 33.3 Å². The second-order valence-electron chi connectivity index (χ2n) is 9.29. The number of benzene rings is 2. The maximum Gasteiger partial charge on any atom is 0.252 e. The van der Waals surface area contributed by atoms with Gasteiger partial charge in [-0.3, -0.25) is 10.1 Å². The second kappa shape index (κ2) is 12.4. The molecular formula is C29H30FN3O8S. The quantitative estimate of drug-likeness (QED) is 0.319. The van der Waals surface area contributed by atoms with E-state index in [1.807, 2.05) is 18.2 Å². The van der Waals surface area contributed by atoms with Gasteiger partial charge in [-0.05, 0) is 42.0 Å². The van der Waals surface area contributed by atoms with E-state index in [0.29, 0.717) is 40.0 Å². The predicted octanol–water partition coefficient (Wildman–Crippen LogP) is 4.46. The zero-order valence-electron chi connectivity index (χ0n) is 23.6. The number of amides is 1. The Balaban J connectivity index is 1.29. The molecule has 0 saturated heterocycles. The van der Waals surface area contributed by atoms with Crippen LogP contribution in [0.5, 0.6) is 17.2 Å². The van der Waals surface area contributed by atoms with Crippen LogP contribution >= 0.6 is 11.3 Å². The van der Waals surface area contributed by atoms with E-state index in [-0.39, 0.29) is 6.61 Å².